The third-order valence-electron chi connectivity index (χ3n) is 3.47. The lowest BCUT2D eigenvalue weighted by molar-refractivity contribution is 0.349. The van der Waals surface area contributed by atoms with E-state index in [4.69, 9.17) is 28.9 Å². The fraction of sp³-hybridized carbons (Fsp3) is 0.538. The summed E-state index contributed by atoms with van der Waals surface area (Å²) in [7, 11) is -2.09. The van der Waals surface area contributed by atoms with Crippen molar-refractivity contribution in [3.05, 3.63) is 27.7 Å². The summed E-state index contributed by atoms with van der Waals surface area (Å²) in [5.41, 5.74) is 6.03. The minimum Gasteiger partial charge on any atom is -0.326 e. The standard InChI is InChI=1S/C13H20Cl2N2O2S/c1-4-9(5-2)17(3)20(18,19)12-7-6-11(14)10(8-16)13(12)15/h6-7,9H,4-5,8,16H2,1-3H3. The summed E-state index contributed by atoms with van der Waals surface area (Å²) < 4.78 is 26.7. The van der Waals surface area contributed by atoms with Gasteiger partial charge in [-0.15, -0.1) is 0 Å². The maximum atomic E-state index is 12.6. The molecule has 0 heterocycles. The van der Waals surface area contributed by atoms with E-state index in [0.717, 1.165) is 12.8 Å². The number of sulfonamides is 1. The highest BCUT2D eigenvalue weighted by atomic mass is 35.5. The van der Waals surface area contributed by atoms with E-state index in [-0.39, 0.29) is 22.5 Å². The number of rotatable bonds is 6. The van der Waals surface area contributed by atoms with Crippen molar-refractivity contribution < 1.29 is 8.42 Å². The SMILES string of the molecule is CCC(CC)N(C)S(=O)(=O)c1ccc(Cl)c(CN)c1Cl. The Labute approximate surface area is 130 Å². The molecule has 0 radical (unpaired) electrons. The van der Waals surface area contributed by atoms with Crippen LogP contribution in [0.1, 0.15) is 32.3 Å². The molecule has 0 aliphatic heterocycles. The lowest BCUT2D eigenvalue weighted by Gasteiger charge is -2.26. The van der Waals surface area contributed by atoms with Crippen molar-refractivity contribution >= 4 is 33.2 Å². The van der Waals surface area contributed by atoms with Gasteiger partial charge in [-0.05, 0) is 25.0 Å². The topological polar surface area (TPSA) is 63.4 Å². The van der Waals surface area contributed by atoms with E-state index in [9.17, 15) is 8.42 Å². The van der Waals surface area contributed by atoms with Crippen molar-refractivity contribution in [3.63, 3.8) is 0 Å². The Kier molecular flexibility index (Phi) is 6.28. The molecule has 0 aromatic heterocycles. The van der Waals surface area contributed by atoms with Gasteiger partial charge in [0, 0.05) is 30.2 Å². The predicted octanol–water partition coefficient (Wildman–Crippen LogP) is 3.26. The lowest BCUT2D eigenvalue weighted by Crippen LogP contribution is -2.36. The molecule has 4 nitrogen and oxygen atoms in total. The summed E-state index contributed by atoms with van der Waals surface area (Å²) in [6, 6.07) is 2.88. The molecule has 0 aliphatic rings. The van der Waals surface area contributed by atoms with Gasteiger partial charge in [0.05, 0.1) is 5.02 Å². The first-order chi connectivity index (χ1) is 9.31. The predicted molar refractivity (Wildman–Crippen MR) is 83.7 cm³/mol. The van der Waals surface area contributed by atoms with E-state index in [1.54, 1.807) is 7.05 Å². The van der Waals surface area contributed by atoms with E-state index >= 15 is 0 Å². The highest BCUT2D eigenvalue weighted by molar-refractivity contribution is 7.89. The summed E-state index contributed by atoms with van der Waals surface area (Å²) in [5.74, 6) is 0. The fourth-order valence-corrected chi connectivity index (χ4v) is 4.52. The molecule has 1 aromatic carbocycles. The maximum Gasteiger partial charge on any atom is 0.244 e. The summed E-state index contributed by atoms with van der Waals surface area (Å²) in [6.07, 6.45) is 1.47. The second kappa shape index (κ2) is 7.09. The van der Waals surface area contributed by atoms with Crippen LogP contribution in [0, 0.1) is 0 Å². The van der Waals surface area contributed by atoms with Crippen molar-refractivity contribution in [1.82, 2.24) is 4.31 Å². The quantitative estimate of drug-likeness (QED) is 0.865. The lowest BCUT2D eigenvalue weighted by atomic mass is 10.2. The molecular weight excluding hydrogens is 319 g/mol. The highest BCUT2D eigenvalue weighted by Crippen LogP contribution is 2.33. The fourth-order valence-electron chi connectivity index (χ4n) is 2.12. The Morgan fingerprint density at radius 3 is 2.25 bits per heavy atom. The Balaban J connectivity index is 3.36. The summed E-state index contributed by atoms with van der Waals surface area (Å²) >= 11 is 12.1. The number of hydrogen-bond acceptors (Lipinski definition) is 3. The van der Waals surface area contributed by atoms with Gasteiger partial charge in [-0.1, -0.05) is 37.0 Å². The zero-order valence-electron chi connectivity index (χ0n) is 11.9. The Morgan fingerprint density at radius 1 is 1.25 bits per heavy atom. The van der Waals surface area contributed by atoms with Crippen LogP contribution >= 0.6 is 23.2 Å². The molecule has 0 bridgehead atoms. The van der Waals surface area contributed by atoms with Crippen molar-refractivity contribution in [2.75, 3.05) is 7.05 Å². The van der Waals surface area contributed by atoms with Gasteiger partial charge < -0.3 is 5.73 Å². The Hall–Kier alpha value is -0.330. The molecule has 0 saturated heterocycles. The number of nitrogens with zero attached hydrogens (tertiary/aromatic N) is 1. The van der Waals surface area contributed by atoms with Gasteiger partial charge in [0.2, 0.25) is 10.0 Å². The molecule has 0 amide bonds. The average Bonchev–Trinajstić information content (AvgIpc) is 2.40. The molecule has 114 valence electrons. The van der Waals surface area contributed by atoms with Crippen LogP contribution in [0.25, 0.3) is 0 Å². The molecule has 0 spiro atoms. The second-order valence-corrected chi connectivity index (χ2v) is 7.28. The van der Waals surface area contributed by atoms with Gasteiger partial charge in [-0.3, -0.25) is 0 Å². The van der Waals surface area contributed by atoms with Crippen molar-refractivity contribution in [2.24, 2.45) is 5.73 Å². The number of nitrogens with two attached hydrogens (primary N) is 1. The maximum absolute atomic E-state index is 12.6. The summed E-state index contributed by atoms with van der Waals surface area (Å²) in [4.78, 5) is 0.0541. The molecule has 0 atom stereocenters. The molecule has 0 saturated carbocycles. The minimum atomic E-state index is -3.66. The largest absolute Gasteiger partial charge is 0.326 e. The highest BCUT2D eigenvalue weighted by Gasteiger charge is 2.29. The third-order valence-corrected chi connectivity index (χ3v) is 6.32. The van der Waals surface area contributed by atoms with Crippen LogP contribution in [0.4, 0.5) is 0 Å². The van der Waals surface area contributed by atoms with E-state index in [1.807, 2.05) is 13.8 Å². The molecule has 20 heavy (non-hydrogen) atoms. The molecule has 0 aliphatic carbocycles. The average molecular weight is 339 g/mol. The molecule has 7 heteroatoms. The van der Waals surface area contributed by atoms with E-state index < -0.39 is 10.0 Å². The first-order valence-corrected chi connectivity index (χ1v) is 8.65. The molecule has 0 fully saturated rings. The van der Waals surface area contributed by atoms with Gasteiger partial charge in [0.25, 0.3) is 0 Å². The smallest absolute Gasteiger partial charge is 0.244 e. The van der Waals surface area contributed by atoms with Gasteiger partial charge in [-0.25, -0.2) is 8.42 Å². The second-order valence-electron chi connectivity index (χ2n) is 4.53. The van der Waals surface area contributed by atoms with Crippen LogP contribution in [-0.4, -0.2) is 25.8 Å². The van der Waals surface area contributed by atoms with Crippen molar-refractivity contribution in [2.45, 2.75) is 44.2 Å². The minimum absolute atomic E-state index is 0.0541. The van der Waals surface area contributed by atoms with Crippen LogP contribution in [0.15, 0.2) is 17.0 Å². The van der Waals surface area contributed by atoms with E-state index in [0.29, 0.717) is 10.6 Å². The zero-order chi connectivity index (χ0) is 15.5. The first-order valence-electron chi connectivity index (χ1n) is 6.46. The van der Waals surface area contributed by atoms with Gasteiger partial charge in [0.1, 0.15) is 4.90 Å². The normalized spacial score (nSPS) is 12.4. The van der Waals surface area contributed by atoms with Crippen LogP contribution in [-0.2, 0) is 16.6 Å². The molecule has 1 rings (SSSR count). The molecular formula is C13H20Cl2N2O2S. The van der Waals surface area contributed by atoms with Crippen LogP contribution in [0.2, 0.25) is 10.0 Å². The van der Waals surface area contributed by atoms with Crippen LogP contribution in [0.5, 0.6) is 0 Å². The van der Waals surface area contributed by atoms with Crippen LogP contribution in [0.3, 0.4) is 0 Å². The van der Waals surface area contributed by atoms with E-state index in [2.05, 4.69) is 0 Å². The monoisotopic (exact) mass is 338 g/mol. The third kappa shape index (κ3) is 3.28. The van der Waals surface area contributed by atoms with Gasteiger partial charge >= 0.3 is 0 Å². The molecule has 1 aromatic rings. The van der Waals surface area contributed by atoms with Crippen molar-refractivity contribution in [1.29, 1.82) is 0 Å². The Bertz CT molecular complexity index is 572. The zero-order valence-corrected chi connectivity index (χ0v) is 14.2. The number of benzene rings is 1. The Morgan fingerprint density at radius 2 is 1.80 bits per heavy atom. The van der Waals surface area contributed by atoms with Gasteiger partial charge in [0.15, 0.2) is 0 Å². The van der Waals surface area contributed by atoms with Gasteiger partial charge in [-0.2, -0.15) is 4.31 Å². The number of halogens is 2. The summed E-state index contributed by atoms with van der Waals surface area (Å²) in [6.45, 7) is 4.00. The van der Waals surface area contributed by atoms with Crippen LogP contribution < -0.4 is 5.73 Å². The van der Waals surface area contributed by atoms with Crippen molar-refractivity contribution in [3.8, 4) is 0 Å². The summed E-state index contributed by atoms with van der Waals surface area (Å²) in [5, 5.41) is 0.486. The molecule has 0 unspecified atom stereocenters. The van der Waals surface area contributed by atoms with E-state index in [1.165, 1.54) is 16.4 Å². The number of hydrogen-bond donors (Lipinski definition) is 1. The molecule has 2 N–H and O–H groups in total. The first kappa shape index (κ1) is 17.7.